The van der Waals surface area contributed by atoms with Crippen LogP contribution in [0.15, 0.2) is 42.5 Å². The van der Waals surface area contributed by atoms with Gasteiger partial charge in [0.15, 0.2) is 5.78 Å². The molecule has 0 heterocycles. The zero-order valence-electron chi connectivity index (χ0n) is 11.4. The van der Waals surface area contributed by atoms with Crippen molar-refractivity contribution in [3.05, 3.63) is 69.5 Å². The van der Waals surface area contributed by atoms with Gasteiger partial charge in [0.05, 0.1) is 16.6 Å². The van der Waals surface area contributed by atoms with E-state index in [0.29, 0.717) is 22.2 Å². The molecule has 0 fully saturated rings. The summed E-state index contributed by atoms with van der Waals surface area (Å²) in [6, 6.07) is 11.1. The first-order valence-electron chi connectivity index (χ1n) is 6.37. The number of hydrogen-bond acceptors (Lipinski definition) is 2. The van der Waals surface area contributed by atoms with E-state index in [1.54, 1.807) is 30.3 Å². The molecule has 0 aliphatic carbocycles. The fourth-order valence-electron chi connectivity index (χ4n) is 1.96. The monoisotopic (exact) mass is 325 g/mol. The molecule has 2 nitrogen and oxygen atoms in total. The highest BCUT2D eigenvalue weighted by Crippen LogP contribution is 2.22. The van der Waals surface area contributed by atoms with Crippen molar-refractivity contribution in [1.29, 1.82) is 0 Å². The Morgan fingerprint density at radius 2 is 1.76 bits per heavy atom. The van der Waals surface area contributed by atoms with E-state index < -0.39 is 0 Å². The van der Waals surface area contributed by atoms with Crippen LogP contribution in [-0.2, 0) is 6.54 Å². The topological polar surface area (TPSA) is 20.3 Å². The van der Waals surface area contributed by atoms with Gasteiger partial charge < -0.3 is 0 Å². The summed E-state index contributed by atoms with van der Waals surface area (Å²) < 4.78 is 12.8. The van der Waals surface area contributed by atoms with Crippen molar-refractivity contribution in [3.63, 3.8) is 0 Å². The second kappa shape index (κ2) is 7.03. The van der Waals surface area contributed by atoms with E-state index in [9.17, 15) is 9.18 Å². The fourth-order valence-corrected chi connectivity index (χ4v) is 2.26. The van der Waals surface area contributed by atoms with E-state index in [1.165, 1.54) is 12.1 Å². The van der Waals surface area contributed by atoms with Gasteiger partial charge in [-0.05, 0) is 42.9 Å². The van der Waals surface area contributed by atoms with E-state index in [4.69, 9.17) is 23.2 Å². The number of Topliss-reactive ketones (excluding diaryl/α,β-unsaturated/α-hetero) is 1. The van der Waals surface area contributed by atoms with E-state index in [0.717, 1.165) is 5.56 Å². The molecule has 0 aliphatic rings. The largest absolute Gasteiger partial charge is 0.295 e. The first-order chi connectivity index (χ1) is 9.95. The number of benzene rings is 2. The number of ketones is 1. The maximum atomic E-state index is 12.8. The summed E-state index contributed by atoms with van der Waals surface area (Å²) in [5.74, 6) is -0.313. The van der Waals surface area contributed by atoms with Gasteiger partial charge in [0, 0.05) is 12.1 Å². The maximum Gasteiger partial charge on any atom is 0.176 e. The van der Waals surface area contributed by atoms with E-state index >= 15 is 0 Å². The van der Waals surface area contributed by atoms with Crippen LogP contribution in [0.2, 0.25) is 10.0 Å². The summed E-state index contributed by atoms with van der Waals surface area (Å²) >= 11 is 11.7. The molecule has 0 amide bonds. The molecule has 0 saturated heterocycles. The first-order valence-corrected chi connectivity index (χ1v) is 7.12. The Morgan fingerprint density at radius 1 is 1.10 bits per heavy atom. The molecule has 21 heavy (non-hydrogen) atoms. The predicted molar refractivity (Wildman–Crippen MR) is 83.5 cm³/mol. The molecule has 2 rings (SSSR count). The van der Waals surface area contributed by atoms with Crippen LogP contribution in [0.3, 0.4) is 0 Å². The lowest BCUT2D eigenvalue weighted by Gasteiger charge is -2.16. The highest BCUT2D eigenvalue weighted by Gasteiger charge is 2.11. The molecular weight excluding hydrogens is 312 g/mol. The van der Waals surface area contributed by atoms with Gasteiger partial charge in [-0.3, -0.25) is 9.69 Å². The minimum atomic E-state index is -0.270. The number of nitrogens with zero attached hydrogens (tertiary/aromatic N) is 1. The normalized spacial score (nSPS) is 10.9. The van der Waals surface area contributed by atoms with Crippen LogP contribution in [-0.4, -0.2) is 24.3 Å². The van der Waals surface area contributed by atoms with Crippen molar-refractivity contribution in [3.8, 4) is 0 Å². The molecule has 2 aromatic rings. The van der Waals surface area contributed by atoms with Crippen LogP contribution in [0.5, 0.6) is 0 Å². The number of rotatable bonds is 5. The van der Waals surface area contributed by atoms with Crippen molar-refractivity contribution in [2.45, 2.75) is 6.54 Å². The second-order valence-corrected chi connectivity index (χ2v) is 5.67. The molecule has 0 unspecified atom stereocenters. The summed E-state index contributed by atoms with van der Waals surface area (Å²) in [4.78, 5) is 14.0. The fraction of sp³-hybridized carbons (Fsp3) is 0.188. The van der Waals surface area contributed by atoms with Gasteiger partial charge in [-0.1, -0.05) is 35.3 Å². The maximum absolute atomic E-state index is 12.8. The third kappa shape index (κ3) is 4.53. The zero-order chi connectivity index (χ0) is 15.4. The number of halogens is 3. The number of likely N-dealkylation sites (N-methyl/N-ethyl adjacent to an activating group) is 1. The van der Waals surface area contributed by atoms with Crippen molar-refractivity contribution in [2.24, 2.45) is 0 Å². The van der Waals surface area contributed by atoms with Crippen molar-refractivity contribution >= 4 is 29.0 Å². The Labute approximate surface area is 133 Å². The molecule has 2 aromatic carbocycles. The smallest absolute Gasteiger partial charge is 0.176 e. The molecular formula is C16H14Cl2FNO. The molecule has 0 aromatic heterocycles. The number of hydrogen-bond donors (Lipinski definition) is 0. The lowest BCUT2D eigenvalue weighted by molar-refractivity contribution is 0.0943. The van der Waals surface area contributed by atoms with Gasteiger partial charge in [-0.15, -0.1) is 0 Å². The minimum absolute atomic E-state index is 0.0434. The van der Waals surface area contributed by atoms with Gasteiger partial charge in [0.25, 0.3) is 0 Å². The van der Waals surface area contributed by atoms with Gasteiger partial charge in [0.2, 0.25) is 0 Å². The van der Waals surface area contributed by atoms with Crippen LogP contribution in [0, 0.1) is 5.82 Å². The third-order valence-electron chi connectivity index (χ3n) is 3.02. The van der Waals surface area contributed by atoms with Gasteiger partial charge in [0.1, 0.15) is 5.82 Å². The Kier molecular flexibility index (Phi) is 5.34. The summed E-state index contributed by atoms with van der Waals surface area (Å²) in [5.41, 5.74) is 1.47. The molecule has 0 spiro atoms. The van der Waals surface area contributed by atoms with Crippen LogP contribution >= 0.6 is 23.2 Å². The average molecular weight is 326 g/mol. The van der Waals surface area contributed by atoms with Gasteiger partial charge >= 0.3 is 0 Å². The lowest BCUT2D eigenvalue weighted by atomic mass is 10.1. The molecule has 110 valence electrons. The molecule has 5 heteroatoms. The van der Waals surface area contributed by atoms with E-state index in [-0.39, 0.29) is 18.1 Å². The van der Waals surface area contributed by atoms with Crippen molar-refractivity contribution in [1.82, 2.24) is 4.90 Å². The SMILES string of the molecule is CN(CC(=O)c1ccc(Cl)c(Cl)c1)Cc1ccc(F)cc1. The van der Waals surface area contributed by atoms with Crippen molar-refractivity contribution in [2.75, 3.05) is 13.6 Å². The molecule has 0 N–H and O–H groups in total. The molecule has 0 bridgehead atoms. The Morgan fingerprint density at radius 3 is 2.38 bits per heavy atom. The molecule has 0 atom stereocenters. The van der Waals surface area contributed by atoms with Gasteiger partial charge in [-0.25, -0.2) is 4.39 Å². The zero-order valence-corrected chi connectivity index (χ0v) is 13.0. The number of carbonyl (C=O) groups is 1. The highest BCUT2D eigenvalue weighted by molar-refractivity contribution is 6.42. The second-order valence-electron chi connectivity index (χ2n) is 4.85. The van der Waals surface area contributed by atoms with Crippen LogP contribution in [0.25, 0.3) is 0 Å². The van der Waals surface area contributed by atoms with Gasteiger partial charge in [-0.2, -0.15) is 0 Å². The summed E-state index contributed by atoms with van der Waals surface area (Å²) in [7, 11) is 1.83. The Hall–Kier alpha value is -1.42. The molecule has 0 radical (unpaired) electrons. The average Bonchev–Trinajstić information content (AvgIpc) is 2.44. The summed E-state index contributed by atoms with van der Waals surface area (Å²) in [6.07, 6.45) is 0. The van der Waals surface area contributed by atoms with Crippen LogP contribution in [0.4, 0.5) is 4.39 Å². The third-order valence-corrected chi connectivity index (χ3v) is 3.76. The molecule has 0 aliphatic heterocycles. The minimum Gasteiger partial charge on any atom is -0.295 e. The molecule has 0 saturated carbocycles. The standard InChI is InChI=1S/C16H14Cl2FNO/c1-20(9-11-2-5-13(19)6-3-11)10-16(21)12-4-7-14(17)15(18)8-12/h2-8H,9-10H2,1H3. The van der Waals surface area contributed by atoms with E-state index in [1.807, 2.05) is 11.9 Å². The van der Waals surface area contributed by atoms with Crippen LogP contribution < -0.4 is 0 Å². The highest BCUT2D eigenvalue weighted by atomic mass is 35.5. The van der Waals surface area contributed by atoms with E-state index in [2.05, 4.69) is 0 Å². The summed E-state index contributed by atoms with van der Waals surface area (Å²) in [5, 5.41) is 0.789. The Balaban J connectivity index is 1.98. The lowest BCUT2D eigenvalue weighted by Crippen LogP contribution is -2.25. The van der Waals surface area contributed by atoms with Crippen molar-refractivity contribution < 1.29 is 9.18 Å². The quantitative estimate of drug-likeness (QED) is 0.757. The summed E-state index contributed by atoms with van der Waals surface area (Å²) in [6.45, 7) is 0.808. The Bertz CT molecular complexity index is 643. The number of carbonyl (C=O) groups excluding carboxylic acids is 1. The predicted octanol–water partition coefficient (Wildman–Crippen LogP) is 4.45. The van der Waals surface area contributed by atoms with Crippen LogP contribution in [0.1, 0.15) is 15.9 Å². The first kappa shape index (κ1) is 16.0.